The van der Waals surface area contributed by atoms with Crippen LogP contribution in [0.25, 0.3) is 5.69 Å². The number of hydrogen-bond acceptors (Lipinski definition) is 3. The van der Waals surface area contributed by atoms with Crippen molar-refractivity contribution in [2.75, 3.05) is 39.0 Å². The van der Waals surface area contributed by atoms with Crippen LogP contribution < -0.4 is 5.32 Å². The Morgan fingerprint density at radius 3 is 2.54 bits per heavy atom. The van der Waals surface area contributed by atoms with Gasteiger partial charge in [-0.2, -0.15) is 0 Å². The van der Waals surface area contributed by atoms with Crippen LogP contribution in [0.4, 0.5) is 10.6 Å². The van der Waals surface area contributed by atoms with E-state index in [1.807, 2.05) is 22.6 Å². The van der Waals surface area contributed by atoms with Gasteiger partial charge in [-0.3, -0.25) is 5.32 Å². The molecule has 1 atom stereocenters. The van der Waals surface area contributed by atoms with Gasteiger partial charge in [0.1, 0.15) is 0 Å². The van der Waals surface area contributed by atoms with E-state index in [-0.39, 0.29) is 6.03 Å². The maximum atomic E-state index is 12.6. The smallest absolute Gasteiger partial charge is 0.323 e. The van der Waals surface area contributed by atoms with Crippen molar-refractivity contribution >= 4 is 11.8 Å². The van der Waals surface area contributed by atoms with Gasteiger partial charge in [0.15, 0.2) is 5.82 Å². The molecule has 0 bridgehead atoms. The van der Waals surface area contributed by atoms with Crippen molar-refractivity contribution in [1.29, 1.82) is 0 Å². The third-order valence-electron chi connectivity index (χ3n) is 4.77. The monoisotopic (exact) mass is 355 g/mol. The van der Waals surface area contributed by atoms with Gasteiger partial charge in [-0.25, -0.2) is 9.48 Å². The van der Waals surface area contributed by atoms with E-state index < -0.39 is 0 Å². The highest BCUT2D eigenvalue weighted by Gasteiger charge is 2.27. The van der Waals surface area contributed by atoms with Crippen LogP contribution >= 0.6 is 0 Å². The summed E-state index contributed by atoms with van der Waals surface area (Å²) in [7, 11) is 4.15. The highest BCUT2D eigenvalue weighted by atomic mass is 16.2. The molecule has 6 nitrogen and oxygen atoms in total. The maximum Gasteiger partial charge on any atom is 0.323 e. The Labute approximate surface area is 155 Å². The van der Waals surface area contributed by atoms with E-state index in [4.69, 9.17) is 0 Å². The summed E-state index contributed by atoms with van der Waals surface area (Å²) >= 11 is 0. The van der Waals surface area contributed by atoms with Crippen LogP contribution in [0.5, 0.6) is 0 Å². The molecule has 0 spiro atoms. The third kappa shape index (κ3) is 4.25. The lowest BCUT2D eigenvalue weighted by atomic mass is 10.1. The highest BCUT2D eigenvalue weighted by Crippen LogP contribution is 2.20. The number of nitrogens with zero attached hydrogens (tertiary/aromatic N) is 4. The van der Waals surface area contributed by atoms with Gasteiger partial charge in [-0.05, 0) is 70.5 Å². The number of benzene rings is 1. The Morgan fingerprint density at radius 2 is 1.88 bits per heavy atom. The van der Waals surface area contributed by atoms with Crippen molar-refractivity contribution in [3.05, 3.63) is 41.1 Å². The normalized spacial score (nSPS) is 17.2. The zero-order valence-electron chi connectivity index (χ0n) is 16.4. The third-order valence-corrected chi connectivity index (χ3v) is 4.77. The predicted molar refractivity (Wildman–Crippen MR) is 105 cm³/mol. The largest absolute Gasteiger partial charge is 0.324 e. The fourth-order valence-electron chi connectivity index (χ4n) is 3.74. The summed E-state index contributed by atoms with van der Waals surface area (Å²) < 4.78 is 1.88. The molecule has 1 aliphatic heterocycles. The molecule has 0 radical (unpaired) electrons. The predicted octanol–water partition coefficient (Wildman–Crippen LogP) is 3.21. The Bertz CT molecular complexity index is 775. The van der Waals surface area contributed by atoms with Crippen LogP contribution in [0, 0.1) is 26.7 Å². The summed E-state index contributed by atoms with van der Waals surface area (Å²) in [5.41, 5.74) is 4.42. The number of carbonyl (C=O) groups is 1. The van der Waals surface area contributed by atoms with Crippen LogP contribution in [0.3, 0.4) is 0 Å². The van der Waals surface area contributed by atoms with Gasteiger partial charge in [0.05, 0.1) is 5.69 Å². The molecule has 1 aliphatic rings. The molecule has 2 amide bonds. The van der Waals surface area contributed by atoms with E-state index >= 15 is 0 Å². The van der Waals surface area contributed by atoms with Gasteiger partial charge in [-0.1, -0.05) is 6.07 Å². The summed E-state index contributed by atoms with van der Waals surface area (Å²) in [6, 6.07) is 8.21. The molecule has 1 aromatic heterocycles. The molecule has 1 unspecified atom stereocenters. The molecule has 1 aromatic carbocycles. The SMILES string of the molecule is Cc1cc(C)cc(-n2nc(NC(=O)N3CCC(CN(C)C)C3)cc2C)c1. The van der Waals surface area contributed by atoms with E-state index in [0.717, 1.165) is 37.4 Å². The summed E-state index contributed by atoms with van der Waals surface area (Å²) in [5, 5.41) is 7.55. The fraction of sp³-hybridized carbons (Fsp3) is 0.500. The number of urea groups is 1. The van der Waals surface area contributed by atoms with Crippen molar-refractivity contribution in [2.45, 2.75) is 27.2 Å². The quantitative estimate of drug-likeness (QED) is 0.916. The van der Waals surface area contributed by atoms with Crippen LogP contribution in [-0.4, -0.2) is 59.3 Å². The number of anilines is 1. The first-order valence-electron chi connectivity index (χ1n) is 9.18. The fourth-order valence-corrected chi connectivity index (χ4v) is 3.74. The molecule has 0 saturated carbocycles. The van der Waals surface area contributed by atoms with Gasteiger partial charge in [0.2, 0.25) is 0 Å². The van der Waals surface area contributed by atoms with Crippen molar-refractivity contribution in [3.8, 4) is 5.69 Å². The lowest BCUT2D eigenvalue weighted by Crippen LogP contribution is -2.34. The highest BCUT2D eigenvalue weighted by molar-refractivity contribution is 5.88. The molecule has 6 heteroatoms. The molecule has 2 heterocycles. The number of carbonyl (C=O) groups excluding carboxylic acids is 1. The first kappa shape index (κ1) is 18.5. The number of hydrogen-bond donors (Lipinski definition) is 1. The Hall–Kier alpha value is -2.34. The minimum Gasteiger partial charge on any atom is -0.324 e. The Balaban J connectivity index is 1.69. The first-order valence-corrected chi connectivity index (χ1v) is 9.18. The summed E-state index contributed by atoms with van der Waals surface area (Å²) in [6.07, 6.45) is 1.06. The minimum atomic E-state index is -0.0590. The second-order valence-corrected chi connectivity index (χ2v) is 7.72. The van der Waals surface area contributed by atoms with Crippen LogP contribution in [0.2, 0.25) is 0 Å². The van der Waals surface area contributed by atoms with Crippen molar-refractivity contribution in [2.24, 2.45) is 5.92 Å². The van der Waals surface area contributed by atoms with Crippen LogP contribution in [0.15, 0.2) is 24.3 Å². The summed E-state index contributed by atoms with van der Waals surface area (Å²) in [6.45, 7) is 8.79. The van der Waals surface area contributed by atoms with Crippen LogP contribution in [0.1, 0.15) is 23.2 Å². The number of aryl methyl sites for hydroxylation is 3. The molecule has 26 heavy (non-hydrogen) atoms. The first-order chi connectivity index (χ1) is 12.3. The van der Waals surface area contributed by atoms with Gasteiger partial charge in [-0.15, -0.1) is 5.10 Å². The van der Waals surface area contributed by atoms with Gasteiger partial charge >= 0.3 is 6.03 Å². The number of aromatic nitrogens is 2. The van der Waals surface area contributed by atoms with Gasteiger partial charge in [0, 0.05) is 31.4 Å². The molecular weight excluding hydrogens is 326 g/mol. The van der Waals surface area contributed by atoms with Crippen molar-refractivity contribution in [1.82, 2.24) is 19.6 Å². The maximum absolute atomic E-state index is 12.6. The molecule has 140 valence electrons. The zero-order chi connectivity index (χ0) is 18.8. The molecule has 0 aliphatic carbocycles. The standard InChI is InChI=1S/C20H29N5O/c1-14-8-15(2)10-18(9-14)25-16(3)11-19(22-25)21-20(26)24-7-6-17(13-24)12-23(4)5/h8-11,17H,6-7,12-13H2,1-5H3,(H,21,22,26). The molecule has 1 fully saturated rings. The average Bonchev–Trinajstić information content (AvgIpc) is 3.12. The second-order valence-electron chi connectivity index (χ2n) is 7.72. The number of rotatable bonds is 4. The Kier molecular flexibility index (Phi) is 5.32. The molecule has 3 rings (SSSR count). The number of amides is 2. The Morgan fingerprint density at radius 1 is 1.19 bits per heavy atom. The average molecular weight is 355 g/mol. The molecule has 1 N–H and O–H groups in total. The summed E-state index contributed by atoms with van der Waals surface area (Å²) in [4.78, 5) is 16.6. The lowest BCUT2D eigenvalue weighted by molar-refractivity contribution is 0.219. The van der Waals surface area contributed by atoms with Crippen molar-refractivity contribution in [3.63, 3.8) is 0 Å². The molecular formula is C20H29N5O. The minimum absolute atomic E-state index is 0.0590. The molecule has 1 saturated heterocycles. The molecule has 2 aromatic rings. The topological polar surface area (TPSA) is 53.4 Å². The van der Waals surface area contributed by atoms with Crippen LogP contribution in [-0.2, 0) is 0 Å². The van der Waals surface area contributed by atoms with E-state index in [1.165, 1.54) is 11.1 Å². The van der Waals surface area contributed by atoms with E-state index in [1.54, 1.807) is 0 Å². The van der Waals surface area contributed by atoms with E-state index in [2.05, 4.69) is 61.5 Å². The number of nitrogens with one attached hydrogen (secondary N) is 1. The second kappa shape index (κ2) is 7.50. The van der Waals surface area contributed by atoms with E-state index in [9.17, 15) is 4.79 Å². The van der Waals surface area contributed by atoms with E-state index in [0.29, 0.717) is 11.7 Å². The zero-order valence-corrected chi connectivity index (χ0v) is 16.4. The lowest BCUT2D eigenvalue weighted by Gasteiger charge is -2.18. The van der Waals surface area contributed by atoms with Gasteiger partial charge < -0.3 is 9.80 Å². The summed E-state index contributed by atoms with van der Waals surface area (Å²) in [5.74, 6) is 1.15. The van der Waals surface area contributed by atoms with Crippen molar-refractivity contribution < 1.29 is 4.79 Å². The number of likely N-dealkylation sites (tertiary alicyclic amines) is 1. The van der Waals surface area contributed by atoms with Gasteiger partial charge in [0.25, 0.3) is 0 Å².